The first kappa shape index (κ1) is 14.4. The van der Waals surface area contributed by atoms with Crippen molar-refractivity contribution in [2.24, 2.45) is 5.84 Å². The van der Waals surface area contributed by atoms with Gasteiger partial charge in [0.15, 0.2) is 11.6 Å². The highest BCUT2D eigenvalue weighted by molar-refractivity contribution is 5.38. The van der Waals surface area contributed by atoms with Crippen molar-refractivity contribution < 1.29 is 13.5 Å². The maximum absolute atomic E-state index is 13.5. The molecule has 5 heteroatoms. The number of aryl methyl sites for hydroxylation is 1. The summed E-state index contributed by atoms with van der Waals surface area (Å²) < 4.78 is 31.9. The van der Waals surface area contributed by atoms with Gasteiger partial charge in [-0.1, -0.05) is 12.1 Å². The largest absolute Gasteiger partial charge is 0.494 e. The van der Waals surface area contributed by atoms with Crippen LogP contribution in [0.5, 0.6) is 5.75 Å². The molecule has 0 amide bonds. The Bertz CT molecular complexity index is 597. The molecule has 0 saturated heterocycles. The van der Waals surface area contributed by atoms with E-state index in [4.69, 9.17) is 10.6 Å². The molecule has 0 aliphatic rings. The van der Waals surface area contributed by atoms with Crippen LogP contribution in [0.25, 0.3) is 0 Å². The molecule has 0 aromatic heterocycles. The van der Waals surface area contributed by atoms with Gasteiger partial charge in [-0.15, -0.1) is 0 Å². The summed E-state index contributed by atoms with van der Waals surface area (Å²) in [5.41, 5.74) is 4.76. The second-order valence-corrected chi connectivity index (χ2v) is 4.56. The topological polar surface area (TPSA) is 47.3 Å². The Morgan fingerprint density at radius 2 is 1.85 bits per heavy atom. The van der Waals surface area contributed by atoms with Crippen molar-refractivity contribution in [1.82, 2.24) is 5.43 Å². The van der Waals surface area contributed by atoms with Crippen molar-refractivity contribution in [3.05, 3.63) is 64.7 Å². The molecule has 3 N–H and O–H groups in total. The average Bonchev–Trinajstić information content (AvgIpc) is 2.40. The van der Waals surface area contributed by atoms with Crippen LogP contribution in [-0.2, 0) is 0 Å². The third-order valence-corrected chi connectivity index (χ3v) is 3.07. The third-order valence-electron chi connectivity index (χ3n) is 3.07. The van der Waals surface area contributed by atoms with Crippen LogP contribution in [0.15, 0.2) is 36.4 Å². The molecule has 0 saturated carbocycles. The van der Waals surface area contributed by atoms with Crippen LogP contribution in [-0.4, -0.2) is 7.11 Å². The average molecular weight is 278 g/mol. The van der Waals surface area contributed by atoms with Crippen molar-refractivity contribution in [3.8, 4) is 5.75 Å². The van der Waals surface area contributed by atoms with Crippen molar-refractivity contribution in [2.75, 3.05) is 7.11 Å². The molecule has 0 radical (unpaired) electrons. The monoisotopic (exact) mass is 278 g/mol. The first-order valence-corrected chi connectivity index (χ1v) is 6.12. The van der Waals surface area contributed by atoms with E-state index in [1.165, 1.54) is 25.3 Å². The van der Waals surface area contributed by atoms with Crippen LogP contribution >= 0.6 is 0 Å². The van der Waals surface area contributed by atoms with Crippen LogP contribution < -0.4 is 16.0 Å². The van der Waals surface area contributed by atoms with Crippen molar-refractivity contribution in [2.45, 2.75) is 13.0 Å². The lowest BCUT2D eigenvalue weighted by Crippen LogP contribution is -2.29. The molecule has 2 aromatic carbocycles. The van der Waals surface area contributed by atoms with Gasteiger partial charge in [0.05, 0.1) is 13.2 Å². The fraction of sp³-hybridized carbons (Fsp3) is 0.200. The lowest BCUT2D eigenvalue weighted by atomic mass is 9.97. The lowest BCUT2D eigenvalue weighted by molar-refractivity contribution is 0.385. The van der Waals surface area contributed by atoms with Gasteiger partial charge in [0.1, 0.15) is 5.82 Å². The summed E-state index contributed by atoms with van der Waals surface area (Å²) in [6, 6.07) is 8.63. The maximum atomic E-state index is 13.5. The van der Waals surface area contributed by atoms with E-state index < -0.39 is 11.9 Å². The summed E-state index contributed by atoms with van der Waals surface area (Å²) in [4.78, 5) is 0. The Balaban J connectivity index is 2.46. The molecule has 0 aliphatic carbocycles. The lowest BCUT2D eigenvalue weighted by Gasteiger charge is -2.18. The van der Waals surface area contributed by atoms with Gasteiger partial charge < -0.3 is 4.74 Å². The van der Waals surface area contributed by atoms with Gasteiger partial charge in [-0.25, -0.2) is 14.2 Å². The second kappa shape index (κ2) is 5.98. The SMILES string of the molecule is COc1cc(C(NN)c2cc(C)cc(F)c2)ccc1F. The molecule has 106 valence electrons. The Morgan fingerprint density at radius 1 is 1.10 bits per heavy atom. The van der Waals surface area contributed by atoms with Gasteiger partial charge in [0, 0.05) is 0 Å². The number of hydrogen-bond donors (Lipinski definition) is 2. The molecule has 0 bridgehead atoms. The number of rotatable bonds is 4. The molecule has 1 unspecified atom stereocenters. The van der Waals surface area contributed by atoms with Crippen LogP contribution in [0.4, 0.5) is 8.78 Å². The molecule has 0 spiro atoms. The standard InChI is InChI=1S/C15H16F2N2O/c1-9-5-11(7-12(16)6-9)15(19-18)10-3-4-13(17)14(8-10)20-2/h3-8,15,19H,18H2,1-2H3. The first-order chi connectivity index (χ1) is 9.55. The number of nitrogens with two attached hydrogens (primary N) is 1. The fourth-order valence-electron chi connectivity index (χ4n) is 2.17. The van der Waals surface area contributed by atoms with Gasteiger partial charge in [0.25, 0.3) is 0 Å². The molecule has 0 fully saturated rings. The number of hydrogen-bond acceptors (Lipinski definition) is 3. The zero-order valence-electron chi connectivity index (χ0n) is 11.3. The summed E-state index contributed by atoms with van der Waals surface area (Å²) in [5, 5.41) is 0. The van der Waals surface area contributed by atoms with Gasteiger partial charge in [-0.3, -0.25) is 5.84 Å². The Morgan fingerprint density at radius 3 is 2.45 bits per heavy atom. The highest BCUT2D eigenvalue weighted by atomic mass is 19.1. The summed E-state index contributed by atoms with van der Waals surface area (Å²) in [6.07, 6.45) is 0. The quantitative estimate of drug-likeness (QED) is 0.668. The van der Waals surface area contributed by atoms with Gasteiger partial charge in [-0.2, -0.15) is 0 Å². The first-order valence-electron chi connectivity index (χ1n) is 6.12. The molecule has 20 heavy (non-hydrogen) atoms. The molecule has 2 aromatic rings. The number of ether oxygens (including phenoxy) is 1. The van der Waals surface area contributed by atoms with E-state index in [-0.39, 0.29) is 11.6 Å². The Labute approximate surface area is 116 Å². The van der Waals surface area contributed by atoms with Crippen LogP contribution in [0.1, 0.15) is 22.7 Å². The number of benzene rings is 2. The third kappa shape index (κ3) is 2.95. The maximum Gasteiger partial charge on any atom is 0.165 e. The van der Waals surface area contributed by atoms with Gasteiger partial charge in [0.2, 0.25) is 0 Å². The van der Waals surface area contributed by atoms with E-state index in [9.17, 15) is 8.78 Å². The fourth-order valence-corrected chi connectivity index (χ4v) is 2.17. The molecule has 1 atom stereocenters. The summed E-state index contributed by atoms with van der Waals surface area (Å²) in [7, 11) is 1.39. The number of methoxy groups -OCH3 is 1. The molecule has 3 nitrogen and oxygen atoms in total. The predicted octanol–water partition coefficient (Wildman–Crippen LogP) is 2.83. The van der Waals surface area contributed by atoms with E-state index in [1.807, 2.05) is 6.07 Å². The molecular formula is C15H16F2N2O. The predicted molar refractivity (Wildman–Crippen MR) is 73.3 cm³/mol. The van der Waals surface area contributed by atoms with Crippen molar-refractivity contribution in [1.29, 1.82) is 0 Å². The van der Waals surface area contributed by atoms with E-state index in [2.05, 4.69) is 5.43 Å². The summed E-state index contributed by atoms with van der Waals surface area (Å²) >= 11 is 0. The zero-order valence-corrected chi connectivity index (χ0v) is 11.3. The number of hydrazine groups is 1. The number of nitrogens with one attached hydrogen (secondary N) is 1. The molecule has 0 heterocycles. The van der Waals surface area contributed by atoms with Crippen molar-refractivity contribution in [3.63, 3.8) is 0 Å². The highest BCUT2D eigenvalue weighted by Crippen LogP contribution is 2.27. The number of halogens is 2. The zero-order chi connectivity index (χ0) is 14.7. The minimum absolute atomic E-state index is 0.121. The minimum Gasteiger partial charge on any atom is -0.494 e. The summed E-state index contributed by atoms with van der Waals surface area (Å²) in [5.74, 6) is 4.89. The minimum atomic E-state index is -0.456. The summed E-state index contributed by atoms with van der Waals surface area (Å²) in [6.45, 7) is 1.80. The molecule has 2 rings (SSSR count). The second-order valence-electron chi connectivity index (χ2n) is 4.56. The van der Waals surface area contributed by atoms with Gasteiger partial charge in [-0.05, 0) is 47.9 Å². The Kier molecular flexibility index (Phi) is 4.32. The normalized spacial score (nSPS) is 12.2. The van der Waals surface area contributed by atoms with E-state index >= 15 is 0 Å². The van der Waals surface area contributed by atoms with E-state index in [1.54, 1.807) is 19.1 Å². The van der Waals surface area contributed by atoms with E-state index in [0.29, 0.717) is 11.1 Å². The highest BCUT2D eigenvalue weighted by Gasteiger charge is 2.16. The van der Waals surface area contributed by atoms with Crippen LogP contribution in [0.2, 0.25) is 0 Å². The van der Waals surface area contributed by atoms with E-state index in [0.717, 1.165) is 5.56 Å². The van der Waals surface area contributed by atoms with Crippen LogP contribution in [0.3, 0.4) is 0 Å². The molecule has 0 aliphatic heterocycles. The Hall–Kier alpha value is -1.98. The van der Waals surface area contributed by atoms with Crippen molar-refractivity contribution >= 4 is 0 Å². The smallest absolute Gasteiger partial charge is 0.165 e. The van der Waals surface area contributed by atoms with Crippen LogP contribution in [0, 0.1) is 18.6 Å². The molecular weight excluding hydrogens is 262 g/mol. The van der Waals surface area contributed by atoms with Gasteiger partial charge >= 0.3 is 0 Å².